The third kappa shape index (κ3) is 3.67. The molecule has 34 heavy (non-hydrogen) atoms. The fraction of sp³-hybridized carbons (Fsp3) is 0.200. The molecule has 5 rings (SSSR count). The van der Waals surface area contributed by atoms with Crippen LogP contribution >= 0.6 is 23.2 Å². The standard InChI is InChI=1S/C25H15Cl2F3N2O2/c26-17-9-18(27)11-19(10-17)32-13-21-22(23(32)33)24(21,15-3-1-14(12-31)2-4-15)16-5-7-20(8-6-16)34-25(28,29)30/h1-11,21-22H,13H2/t21-,22-,24+/m0/s1. The van der Waals surface area contributed by atoms with Gasteiger partial charge in [-0.2, -0.15) is 5.26 Å². The number of carbonyl (C=O) groups is 1. The minimum Gasteiger partial charge on any atom is -0.406 e. The van der Waals surface area contributed by atoms with E-state index in [2.05, 4.69) is 10.8 Å². The van der Waals surface area contributed by atoms with Crippen molar-refractivity contribution in [3.05, 3.63) is 93.5 Å². The second-order valence-corrected chi connectivity index (χ2v) is 9.16. The van der Waals surface area contributed by atoms with E-state index in [1.165, 1.54) is 12.1 Å². The summed E-state index contributed by atoms with van der Waals surface area (Å²) in [6.07, 6.45) is -4.79. The fourth-order valence-corrected chi connectivity index (χ4v) is 5.68. The molecule has 3 aromatic rings. The van der Waals surface area contributed by atoms with Gasteiger partial charge in [0.05, 0.1) is 17.6 Å². The van der Waals surface area contributed by atoms with Crippen molar-refractivity contribution in [1.29, 1.82) is 5.26 Å². The summed E-state index contributed by atoms with van der Waals surface area (Å²) >= 11 is 12.2. The average molecular weight is 503 g/mol. The molecule has 2 aliphatic rings. The van der Waals surface area contributed by atoms with Crippen LogP contribution < -0.4 is 9.64 Å². The number of amides is 1. The van der Waals surface area contributed by atoms with Crippen molar-refractivity contribution < 1.29 is 22.7 Å². The van der Waals surface area contributed by atoms with Gasteiger partial charge in [0.15, 0.2) is 0 Å². The number of rotatable bonds is 4. The molecule has 0 radical (unpaired) electrons. The summed E-state index contributed by atoms with van der Waals surface area (Å²) in [5, 5.41) is 9.98. The Morgan fingerprint density at radius 1 is 0.971 bits per heavy atom. The maximum absolute atomic E-state index is 13.5. The van der Waals surface area contributed by atoms with Crippen LogP contribution in [0.25, 0.3) is 0 Å². The van der Waals surface area contributed by atoms with Crippen molar-refractivity contribution in [1.82, 2.24) is 0 Å². The number of nitrogens with zero attached hydrogens (tertiary/aromatic N) is 2. The van der Waals surface area contributed by atoms with Gasteiger partial charge < -0.3 is 9.64 Å². The minimum absolute atomic E-state index is 0.122. The highest BCUT2D eigenvalue weighted by Gasteiger charge is 2.74. The van der Waals surface area contributed by atoms with Crippen molar-refractivity contribution in [3.63, 3.8) is 0 Å². The zero-order valence-corrected chi connectivity index (χ0v) is 18.8. The Kier molecular flexibility index (Phi) is 5.27. The Morgan fingerprint density at radius 3 is 2.00 bits per heavy atom. The van der Waals surface area contributed by atoms with Crippen molar-refractivity contribution in [3.8, 4) is 11.8 Å². The SMILES string of the molecule is N#Cc1ccc([C@]2(c3ccc(OC(F)(F)F)cc3)[C@@H]3C(=O)N(c4cc(Cl)cc(Cl)c4)C[C@@H]32)cc1. The highest BCUT2D eigenvalue weighted by molar-refractivity contribution is 6.35. The monoisotopic (exact) mass is 502 g/mol. The molecule has 1 saturated heterocycles. The first kappa shape index (κ1) is 22.6. The Labute approximate surface area is 203 Å². The van der Waals surface area contributed by atoms with E-state index in [1.54, 1.807) is 59.5 Å². The fourth-order valence-electron chi connectivity index (χ4n) is 5.17. The summed E-state index contributed by atoms with van der Waals surface area (Å²) in [4.78, 5) is 15.2. The maximum Gasteiger partial charge on any atom is 0.573 e. The van der Waals surface area contributed by atoms with Gasteiger partial charge in [-0.3, -0.25) is 4.79 Å². The Bertz CT molecular complexity index is 1300. The molecule has 0 bridgehead atoms. The average Bonchev–Trinajstić information content (AvgIpc) is 3.32. The van der Waals surface area contributed by atoms with Gasteiger partial charge in [-0.15, -0.1) is 13.2 Å². The molecule has 172 valence electrons. The molecule has 1 heterocycles. The first-order valence-electron chi connectivity index (χ1n) is 10.3. The summed E-state index contributed by atoms with van der Waals surface area (Å²) in [5.41, 5.74) is 1.88. The number of carbonyl (C=O) groups excluding carboxylic acids is 1. The van der Waals surface area contributed by atoms with E-state index in [-0.39, 0.29) is 17.6 Å². The Morgan fingerprint density at radius 2 is 1.53 bits per heavy atom. The number of hydrogen-bond acceptors (Lipinski definition) is 3. The quantitative estimate of drug-likeness (QED) is 0.418. The normalized spacial score (nSPS) is 23.4. The van der Waals surface area contributed by atoms with Gasteiger partial charge in [0.25, 0.3) is 0 Å². The topological polar surface area (TPSA) is 53.3 Å². The largest absolute Gasteiger partial charge is 0.573 e. The van der Waals surface area contributed by atoms with Crippen LogP contribution in [0.3, 0.4) is 0 Å². The number of hydrogen-bond donors (Lipinski definition) is 0. The Balaban J connectivity index is 1.53. The van der Waals surface area contributed by atoms with E-state index in [4.69, 9.17) is 28.5 Å². The van der Waals surface area contributed by atoms with Gasteiger partial charge in [-0.25, -0.2) is 0 Å². The van der Waals surface area contributed by atoms with E-state index in [0.29, 0.717) is 33.4 Å². The van der Waals surface area contributed by atoms with Crippen LogP contribution in [-0.4, -0.2) is 18.8 Å². The van der Waals surface area contributed by atoms with E-state index < -0.39 is 17.7 Å². The maximum atomic E-state index is 13.5. The lowest BCUT2D eigenvalue weighted by Gasteiger charge is -2.28. The number of ether oxygens (including phenoxy) is 1. The summed E-state index contributed by atoms with van der Waals surface area (Å²) in [5.74, 6) is -1.01. The molecule has 9 heteroatoms. The predicted molar refractivity (Wildman–Crippen MR) is 121 cm³/mol. The molecule has 3 aromatic carbocycles. The van der Waals surface area contributed by atoms with Gasteiger partial charge in [0.2, 0.25) is 5.91 Å². The van der Waals surface area contributed by atoms with Crippen LogP contribution in [0.1, 0.15) is 16.7 Å². The zero-order chi connectivity index (χ0) is 24.3. The number of halogens is 5. The van der Waals surface area contributed by atoms with Crippen LogP contribution in [0.15, 0.2) is 66.7 Å². The van der Waals surface area contributed by atoms with E-state index in [0.717, 1.165) is 5.56 Å². The second-order valence-electron chi connectivity index (χ2n) is 8.29. The lowest BCUT2D eigenvalue weighted by molar-refractivity contribution is -0.274. The lowest BCUT2D eigenvalue weighted by atomic mass is 9.82. The summed E-state index contributed by atoms with van der Waals surface area (Å²) in [6.45, 7) is 0.390. The number of fused-ring (bicyclic) bond motifs is 1. The summed E-state index contributed by atoms with van der Waals surface area (Å²) < 4.78 is 41.8. The number of alkyl halides is 3. The molecule has 1 amide bonds. The zero-order valence-electron chi connectivity index (χ0n) is 17.3. The lowest BCUT2D eigenvalue weighted by Crippen LogP contribution is -2.35. The molecule has 1 aliphatic carbocycles. The first-order valence-corrected chi connectivity index (χ1v) is 11.0. The number of anilines is 1. The molecule has 0 spiro atoms. The molecule has 0 aromatic heterocycles. The molecule has 1 aliphatic heterocycles. The van der Waals surface area contributed by atoms with Gasteiger partial charge in [0, 0.05) is 33.6 Å². The van der Waals surface area contributed by atoms with Crippen LogP contribution in [0.4, 0.5) is 18.9 Å². The third-order valence-corrected chi connectivity index (χ3v) is 6.93. The molecule has 0 N–H and O–H groups in total. The van der Waals surface area contributed by atoms with Crippen molar-refractivity contribution >= 4 is 34.8 Å². The minimum atomic E-state index is -4.79. The van der Waals surface area contributed by atoms with Crippen LogP contribution in [0.5, 0.6) is 5.75 Å². The van der Waals surface area contributed by atoms with Gasteiger partial charge >= 0.3 is 6.36 Å². The summed E-state index contributed by atoms with van der Waals surface area (Å²) in [7, 11) is 0. The van der Waals surface area contributed by atoms with E-state index in [9.17, 15) is 18.0 Å². The smallest absolute Gasteiger partial charge is 0.406 e. The van der Waals surface area contributed by atoms with Crippen molar-refractivity contribution in [2.75, 3.05) is 11.4 Å². The van der Waals surface area contributed by atoms with Gasteiger partial charge in [-0.05, 0) is 53.6 Å². The van der Waals surface area contributed by atoms with Gasteiger partial charge in [-0.1, -0.05) is 47.5 Å². The molecule has 0 unspecified atom stereocenters. The third-order valence-electron chi connectivity index (χ3n) is 6.50. The highest BCUT2D eigenvalue weighted by atomic mass is 35.5. The van der Waals surface area contributed by atoms with Crippen LogP contribution in [0.2, 0.25) is 10.0 Å². The summed E-state index contributed by atoms with van der Waals surface area (Å²) in [6, 6.07) is 19.6. The molecule has 1 saturated carbocycles. The van der Waals surface area contributed by atoms with Crippen molar-refractivity contribution in [2.24, 2.45) is 11.8 Å². The number of benzene rings is 3. The molecule has 2 fully saturated rings. The second kappa shape index (κ2) is 7.93. The molecular formula is C25H15Cl2F3N2O2. The Hall–Kier alpha value is -3.21. The molecule has 3 atom stereocenters. The number of nitriles is 1. The van der Waals surface area contributed by atoms with E-state index >= 15 is 0 Å². The van der Waals surface area contributed by atoms with Crippen molar-refractivity contribution in [2.45, 2.75) is 11.8 Å². The van der Waals surface area contributed by atoms with Crippen LogP contribution in [0, 0.1) is 23.2 Å². The highest BCUT2D eigenvalue weighted by Crippen LogP contribution is 2.68. The predicted octanol–water partition coefficient (Wildman–Crippen LogP) is 6.34. The van der Waals surface area contributed by atoms with Gasteiger partial charge in [0.1, 0.15) is 5.75 Å². The molecular weight excluding hydrogens is 488 g/mol. The van der Waals surface area contributed by atoms with Crippen LogP contribution in [-0.2, 0) is 10.2 Å². The number of piperidine rings is 1. The van der Waals surface area contributed by atoms with E-state index in [1.807, 2.05) is 0 Å². The first-order chi connectivity index (χ1) is 16.1. The molecule has 4 nitrogen and oxygen atoms in total.